The lowest BCUT2D eigenvalue weighted by Gasteiger charge is -2.29. The number of methoxy groups -OCH3 is 1. The van der Waals surface area contributed by atoms with Gasteiger partial charge in [-0.05, 0) is 62.2 Å². The van der Waals surface area contributed by atoms with E-state index in [2.05, 4.69) is 20.7 Å². The SMILES string of the molecule is COc1cc(NC(=O)N2NC3=CC=CC4=CC=NN2C43)ccc1OCCCN1CCCCC1. The molecule has 174 valence electrons. The summed E-state index contributed by atoms with van der Waals surface area (Å²) in [5.74, 6) is 1.26. The van der Waals surface area contributed by atoms with Crippen molar-refractivity contribution in [2.45, 2.75) is 31.7 Å². The van der Waals surface area contributed by atoms with Crippen molar-refractivity contribution in [2.75, 3.05) is 38.7 Å². The van der Waals surface area contributed by atoms with E-state index in [4.69, 9.17) is 9.47 Å². The number of ether oxygens (including phenoxy) is 2. The van der Waals surface area contributed by atoms with Crippen LogP contribution in [0.4, 0.5) is 10.5 Å². The second-order valence-electron chi connectivity index (χ2n) is 8.46. The topological polar surface area (TPSA) is 81.7 Å². The average Bonchev–Trinajstić information content (AvgIpc) is 3.24. The Morgan fingerprint density at radius 1 is 1.21 bits per heavy atom. The van der Waals surface area contributed by atoms with Crippen molar-refractivity contribution >= 4 is 17.9 Å². The maximum atomic E-state index is 13.0. The maximum absolute atomic E-state index is 13.0. The number of hydrogen-bond donors (Lipinski definition) is 2. The van der Waals surface area contributed by atoms with Crippen molar-refractivity contribution in [3.63, 3.8) is 0 Å². The minimum absolute atomic E-state index is 0.110. The molecule has 1 aromatic rings. The first kappa shape index (κ1) is 21.4. The summed E-state index contributed by atoms with van der Waals surface area (Å²) in [6.45, 7) is 4.07. The maximum Gasteiger partial charge on any atom is 0.361 e. The molecule has 0 spiro atoms. The van der Waals surface area contributed by atoms with Crippen molar-refractivity contribution in [2.24, 2.45) is 5.10 Å². The van der Waals surface area contributed by atoms with Crippen LogP contribution in [0, 0.1) is 0 Å². The molecule has 2 saturated heterocycles. The van der Waals surface area contributed by atoms with Crippen LogP contribution in [0.25, 0.3) is 0 Å². The van der Waals surface area contributed by atoms with E-state index in [1.54, 1.807) is 24.5 Å². The largest absolute Gasteiger partial charge is 0.493 e. The van der Waals surface area contributed by atoms with Crippen molar-refractivity contribution in [1.29, 1.82) is 0 Å². The van der Waals surface area contributed by atoms with Crippen LogP contribution in [0.1, 0.15) is 25.7 Å². The molecule has 0 radical (unpaired) electrons. The lowest BCUT2D eigenvalue weighted by atomic mass is 9.99. The Kier molecular flexibility index (Phi) is 6.21. The van der Waals surface area contributed by atoms with E-state index >= 15 is 0 Å². The summed E-state index contributed by atoms with van der Waals surface area (Å²) < 4.78 is 11.5. The van der Waals surface area contributed by atoms with Crippen LogP contribution in [0.3, 0.4) is 0 Å². The molecule has 1 unspecified atom stereocenters. The first-order chi connectivity index (χ1) is 16.2. The quantitative estimate of drug-likeness (QED) is 0.621. The van der Waals surface area contributed by atoms with E-state index in [0.29, 0.717) is 23.8 Å². The van der Waals surface area contributed by atoms with Crippen LogP contribution in [-0.4, -0.2) is 66.8 Å². The van der Waals surface area contributed by atoms with Crippen molar-refractivity contribution in [3.05, 3.63) is 53.8 Å². The van der Waals surface area contributed by atoms with Gasteiger partial charge in [-0.15, -0.1) is 5.12 Å². The van der Waals surface area contributed by atoms with Crippen LogP contribution >= 0.6 is 0 Å². The molecule has 9 heteroatoms. The number of likely N-dealkylation sites (tertiary alicyclic amines) is 1. The zero-order valence-electron chi connectivity index (χ0n) is 18.9. The number of nitrogens with one attached hydrogen (secondary N) is 2. The summed E-state index contributed by atoms with van der Waals surface area (Å²) in [4.78, 5) is 15.5. The normalized spacial score (nSPS) is 21.2. The zero-order valence-corrected chi connectivity index (χ0v) is 18.9. The summed E-state index contributed by atoms with van der Waals surface area (Å²) in [6.07, 6.45) is 14.5. The summed E-state index contributed by atoms with van der Waals surface area (Å²) >= 11 is 0. The van der Waals surface area contributed by atoms with Gasteiger partial charge in [-0.1, -0.05) is 18.6 Å². The van der Waals surface area contributed by atoms with Gasteiger partial charge < -0.3 is 19.7 Å². The number of carbonyl (C=O) groups excluding carboxylic acids is 1. The van der Waals surface area contributed by atoms with Gasteiger partial charge in [0.15, 0.2) is 11.5 Å². The second-order valence-corrected chi connectivity index (χ2v) is 8.46. The number of hydrazine groups is 2. The van der Waals surface area contributed by atoms with Crippen LogP contribution < -0.4 is 20.2 Å². The third kappa shape index (κ3) is 4.54. The van der Waals surface area contributed by atoms with E-state index in [1.165, 1.54) is 37.5 Å². The molecule has 9 nitrogen and oxygen atoms in total. The molecule has 2 fully saturated rings. The number of piperidine rings is 1. The molecule has 2 amide bonds. The van der Waals surface area contributed by atoms with E-state index in [-0.39, 0.29) is 12.1 Å². The van der Waals surface area contributed by atoms with Crippen LogP contribution in [0.5, 0.6) is 11.5 Å². The number of allylic oxidation sites excluding steroid dienone is 3. The Balaban J connectivity index is 1.17. The zero-order chi connectivity index (χ0) is 22.6. The lowest BCUT2D eigenvalue weighted by molar-refractivity contribution is 0.0233. The molecule has 1 aromatic carbocycles. The number of hydrazone groups is 1. The van der Waals surface area contributed by atoms with Gasteiger partial charge >= 0.3 is 6.03 Å². The third-order valence-electron chi connectivity index (χ3n) is 6.23. The molecular formula is C24H30N6O3. The molecule has 2 N–H and O–H groups in total. The summed E-state index contributed by atoms with van der Waals surface area (Å²) in [6, 6.07) is 4.96. The fourth-order valence-electron chi connectivity index (χ4n) is 4.56. The summed E-state index contributed by atoms with van der Waals surface area (Å²) in [5.41, 5.74) is 5.72. The minimum atomic E-state index is -0.346. The predicted octanol–water partition coefficient (Wildman–Crippen LogP) is 3.27. The number of amides is 2. The van der Waals surface area contributed by atoms with Gasteiger partial charge in [0.05, 0.1) is 19.4 Å². The monoisotopic (exact) mass is 450 g/mol. The van der Waals surface area contributed by atoms with Crippen molar-refractivity contribution < 1.29 is 14.3 Å². The molecule has 3 heterocycles. The average molecular weight is 451 g/mol. The molecule has 5 rings (SSSR count). The number of anilines is 1. The number of rotatable bonds is 7. The molecular weight excluding hydrogens is 420 g/mol. The Morgan fingerprint density at radius 2 is 2.09 bits per heavy atom. The van der Waals surface area contributed by atoms with Crippen molar-refractivity contribution in [1.82, 2.24) is 20.6 Å². The first-order valence-electron chi connectivity index (χ1n) is 11.6. The fraction of sp³-hybridized carbons (Fsp3) is 0.417. The Labute approximate surface area is 193 Å². The van der Waals surface area contributed by atoms with Gasteiger partial charge in [-0.2, -0.15) is 10.2 Å². The molecule has 1 atom stereocenters. The Hall–Kier alpha value is -3.46. The number of benzene rings is 1. The first-order valence-corrected chi connectivity index (χ1v) is 11.6. The van der Waals surface area contributed by atoms with Crippen LogP contribution in [0.2, 0.25) is 0 Å². The number of urea groups is 1. The predicted molar refractivity (Wildman–Crippen MR) is 127 cm³/mol. The fourth-order valence-corrected chi connectivity index (χ4v) is 4.56. The van der Waals surface area contributed by atoms with Gasteiger partial charge in [-0.25, -0.2) is 4.79 Å². The van der Waals surface area contributed by atoms with Gasteiger partial charge in [0.1, 0.15) is 6.04 Å². The molecule has 1 aliphatic carbocycles. The van der Waals surface area contributed by atoms with E-state index in [9.17, 15) is 4.79 Å². The molecule has 4 aliphatic rings. The molecule has 3 aliphatic heterocycles. The number of hydrogen-bond acceptors (Lipinski definition) is 7. The standard InChI is InChI=1S/C24H30N6O3/c1-32-22-17-19(9-10-21(22)33-16-6-15-28-13-3-2-4-14-28)26-24(31)30-27-20-8-5-7-18-11-12-25-29(30)23(18)20/h5,7-12,17,23,27H,2-4,6,13-16H2,1H3,(H,26,31). The number of nitrogens with zero attached hydrogens (tertiary/aromatic N) is 4. The number of carbonyl (C=O) groups is 1. The highest BCUT2D eigenvalue weighted by Crippen LogP contribution is 2.33. The van der Waals surface area contributed by atoms with E-state index in [0.717, 1.165) is 24.2 Å². The van der Waals surface area contributed by atoms with Gasteiger partial charge in [0.25, 0.3) is 0 Å². The molecule has 0 saturated carbocycles. The van der Waals surface area contributed by atoms with Gasteiger partial charge in [0, 0.05) is 24.5 Å². The van der Waals surface area contributed by atoms with Gasteiger partial charge in [-0.3, -0.25) is 5.43 Å². The Morgan fingerprint density at radius 3 is 2.94 bits per heavy atom. The second kappa shape index (κ2) is 9.58. The Bertz CT molecular complexity index is 1010. The molecule has 0 aromatic heterocycles. The summed E-state index contributed by atoms with van der Waals surface area (Å²) in [7, 11) is 1.60. The minimum Gasteiger partial charge on any atom is -0.493 e. The smallest absolute Gasteiger partial charge is 0.361 e. The highest BCUT2D eigenvalue weighted by molar-refractivity contribution is 5.90. The highest BCUT2D eigenvalue weighted by atomic mass is 16.5. The molecule has 0 bridgehead atoms. The third-order valence-corrected chi connectivity index (χ3v) is 6.23. The summed E-state index contributed by atoms with van der Waals surface area (Å²) in [5, 5.41) is 10.3. The van der Waals surface area contributed by atoms with Crippen molar-refractivity contribution in [3.8, 4) is 11.5 Å². The van der Waals surface area contributed by atoms with Gasteiger partial charge in [0.2, 0.25) is 0 Å². The lowest BCUT2D eigenvalue weighted by Crippen LogP contribution is -2.48. The molecule has 33 heavy (non-hydrogen) atoms. The van der Waals surface area contributed by atoms with E-state index < -0.39 is 0 Å². The van der Waals surface area contributed by atoms with E-state index in [1.807, 2.05) is 36.4 Å². The van der Waals surface area contributed by atoms with Crippen LogP contribution in [0.15, 0.2) is 58.9 Å². The van der Waals surface area contributed by atoms with Crippen LogP contribution in [-0.2, 0) is 0 Å². The highest BCUT2D eigenvalue weighted by Gasteiger charge is 2.41.